The van der Waals surface area contributed by atoms with Crippen LogP contribution in [0.4, 0.5) is 9.93 Å². The van der Waals surface area contributed by atoms with E-state index in [4.69, 9.17) is 0 Å². The average Bonchev–Trinajstić information content (AvgIpc) is 2.94. The van der Waals surface area contributed by atoms with Gasteiger partial charge in [0.25, 0.3) is 5.91 Å². The van der Waals surface area contributed by atoms with E-state index in [9.17, 15) is 9.59 Å². The van der Waals surface area contributed by atoms with Gasteiger partial charge >= 0.3 is 6.03 Å². The van der Waals surface area contributed by atoms with Crippen molar-refractivity contribution in [2.45, 2.75) is 39.8 Å². The summed E-state index contributed by atoms with van der Waals surface area (Å²) in [5.41, 5.74) is 2.75. The van der Waals surface area contributed by atoms with Crippen molar-refractivity contribution in [1.82, 2.24) is 15.2 Å². The molecule has 0 saturated carbocycles. The number of rotatable bonds is 3. The summed E-state index contributed by atoms with van der Waals surface area (Å²) in [4.78, 5) is 31.9. The minimum absolute atomic E-state index is 0.0369. The molecule has 3 amide bonds. The van der Waals surface area contributed by atoms with Gasteiger partial charge in [-0.05, 0) is 32.9 Å². The molecule has 1 aromatic heterocycles. The molecule has 7 heteroatoms. The SMILES string of the molecule is Cc1cccc(C(=O)N2CCc3nc(NC(=O)NC(C)C)sc3C2)c1. The van der Waals surface area contributed by atoms with Gasteiger partial charge in [-0.15, -0.1) is 0 Å². The summed E-state index contributed by atoms with van der Waals surface area (Å²) in [5, 5.41) is 6.12. The van der Waals surface area contributed by atoms with Gasteiger partial charge in [-0.3, -0.25) is 10.1 Å². The molecule has 0 bridgehead atoms. The normalized spacial score (nSPS) is 13.5. The van der Waals surface area contributed by atoms with Crippen molar-refractivity contribution in [3.8, 4) is 0 Å². The highest BCUT2D eigenvalue weighted by Crippen LogP contribution is 2.29. The highest BCUT2D eigenvalue weighted by Gasteiger charge is 2.25. The van der Waals surface area contributed by atoms with Gasteiger partial charge in [-0.2, -0.15) is 0 Å². The molecule has 25 heavy (non-hydrogen) atoms. The van der Waals surface area contributed by atoms with Crippen molar-refractivity contribution in [3.05, 3.63) is 46.0 Å². The Labute approximate surface area is 151 Å². The largest absolute Gasteiger partial charge is 0.336 e. The lowest BCUT2D eigenvalue weighted by Gasteiger charge is -2.26. The first-order valence-corrected chi connectivity index (χ1v) is 9.16. The molecule has 0 saturated heterocycles. The van der Waals surface area contributed by atoms with E-state index in [1.54, 1.807) is 0 Å². The topological polar surface area (TPSA) is 74.3 Å². The lowest BCUT2D eigenvalue weighted by Crippen LogP contribution is -2.35. The maximum atomic E-state index is 12.7. The maximum absolute atomic E-state index is 12.7. The molecule has 0 aliphatic carbocycles. The molecule has 0 atom stereocenters. The van der Waals surface area contributed by atoms with E-state index in [1.165, 1.54) is 11.3 Å². The number of anilines is 1. The fourth-order valence-electron chi connectivity index (χ4n) is 2.78. The Morgan fingerprint density at radius 2 is 2.12 bits per heavy atom. The van der Waals surface area contributed by atoms with E-state index in [-0.39, 0.29) is 18.0 Å². The third-order valence-electron chi connectivity index (χ3n) is 3.92. The number of nitrogens with zero attached hydrogens (tertiary/aromatic N) is 2. The van der Waals surface area contributed by atoms with Crippen LogP contribution < -0.4 is 10.6 Å². The second-order valence-electron chi connectivity index (χ2n) is 6.49. The van der Waals surface area contributed by atoms with Crippen LogP contribution in [0.25, 0.3) is 0 Å². The number of urea groups is 1. The van der Waals surface area contributed by atoms with Crippen LogP contribution in [-0.2, 0) is 13.0 Å². The van der Waals surface area contributed by atoms with Crippen LogP contribution in [0.15, 0.2) is 24.3 Å². The molecule has 0 unspecified atom stereocenters. The molecular formula is C18H22N4O2S. The van der Waals surface area contributed by atoms with Gasteiger partial charge in [0, 0.05) is 29.4 Å². The Balaban J connectivity index is 1.69. The quantitative estimate of drug-likeness (QED) is 0.885. The number of benzene rings is 1. The predicted molar refractivity (Wildman–Crippen MR) is 99.0 cm³/mol. The first-order valence-electron chi connectivity index (χ1n) is 8.34. The Morgan fingerprint density at radius 1 is 1.32 bits per heavy atom. The Hall–Kier alpha value is -2.41. The minimum atomic E-state index is -0.256. The average molecular weight is 358 g/mol. The van der Waals surface area contributed by atoms with Crippen molar-refractivity contribution >= 4 is 28.4 Å². The number of nitrogens with one attached hydrogen (secondary N) is 2. The summed E-state index contributed by atoms with van der Waals surface area (Å²) >= 11 is 1.43. The second-order valence-corrected chi connectivity index (χ2v) is 7.57. The van der Waals surface area contributed by atoms with Crippen LogP contribution in [0.5, 0.6) is 0 Å². The summed E-state index contributed by atoms with van der Waals surface area (Å²) in [5.74, 6) is 0.0369. The van der Waals surface area contributed by atoms with E-state index in [0.717, 1.165) is 16.1 Å². The smallest absolute Gasteiger partial charge is 0.321 e. The van der Waals surface area contributed by atoms with Crippen LogP contribution in [-0.4, -0.2) is 34.4 Å². The first kappa shape index (κ1) is 17.4. The van der Waals surface area contributed by atoms with E-state index in [0.29, 0.717) is 30.2 Å². The molecule has 1 aliphatic heterocycles. The van der Waals surface area contributed by atoms with Crippen LogP contribution in [0.2, 0.25) is 0 Å². The molecule has 1 aliphatic rings. The number of fused-ring (bicyclic) bond motifs is 1. The fourth-order valence-corrected chi connectivity index (χ4v) is 3.80. The van der Waals surface area contributed by atoms with Crippen LogP contribution >= 0.6 is 11.3 Å². The number of hydrogen-bond acceptors (Lipinski definition) is 4. The van der Waals surface area contributed by atoms with Crippen molar-refractivity contribution in [3.63, 3.8) is 0 Å². The van der Waals surface area contributed by atoms with Gasteiger partial charge < -0.3 is 10.2 Å². The fraction of sp³-hybridized carbons (Fsp3) is 0.389. The van der Waals surface area contributed by atoms with Gasteiger partial charge in [0.05, 0.1) is 12.2 Å². The van der Waals surface area contributed by atoms with Gasteiger partial charge in [0.1, 0.15) is 0 Å². The number of thiazole rings is 1. The summed E-state index contributed by atoms with van der Waals surface area (Å²) < 4.78 is 0. The molecule has 2 aromatic rings. The molecular weight excluding hydrogens is 336 g/mol. The van der Waals surface area contributed by atoms with Crippen molar-refractivity contribution in [1.29, 1.82) is 0 Å². The summed E-state index contributed by atoms with van der Waals surface area (Å²) in [7, 11) is 0. The third-order valence-corrected chi connectivity index (χ3v) is 4.92. The summed E-state index contributed by atoms with van der Waals surface area (Å²) in [6, 6.07) is 7.45. The lowest BCUT2D eigenvalue weighted by atomic mass is 10.1. The van der Waals surface area contributed by atoms with Crippen LogP contribution in [0.1, 0.15) is 40.3 Å². The Morgan fingerprint density at radius 3 is 2.84 bits per heavy atom. The monoisotopic (exact) mass is 358 g/mol. The molecule has 1 aromatic carbocycles. The van der Waals surface area contributed by atoms with Gasteiger partial charge in [0.2, 0.25) is 0 Å². The van der Waals surface area contributed by atoms with E-state index < -0.39 is 0 Å². The number of carbonyl (C=O) groups excluding carboxylic acids is 2. The van der Waals surface area contributed by atoms with Gasteiger partial charge in [0.15, 0.2) is 5.13 Å². The number of amides is 3. The minimum Gasteiger partial charge on any atom is -0.336 e. The number of carbonyl (C=O) groups is 2. The zero-order valence-electron chi connectivity index (χ0n) is 14.6. The van der Waals surface area contributed by atoms with Gasteiger partial charge in [-0.25, -0.2) is 9.78 Å². The summed E-state index contributed by atoms with van der Waals surface area (Å²) in [6.45, 7) is 6.96. The van der Waals surface area contributed by atoms with Crippen LogP contribution in [0.3, 0.4) is 0 Å². The highest BCUT2D eigenvalue weighted by molar-refractivity contribution is 7.15. The van der Waals surface area contributed by atoms with Crippen molar-refractivity contribution in [2.75, 3.05) is 11.9 Å². The Kier molecular flexibility index (Phi) is 5.03. The van der Waals surface area contributed by atoms with E-state index in [1.807, 2.05) is 49.9 Å². The van der Waals surface area contributed by atoms with Crippen molar-refractivity contribution in [2.24, 2.45) is 0 Å². The van der Waals surface area contributed by atoms with Crippen molar-refractivity contribution < 1.29 is 9.59 Å². The molecule has 132 valence electrons. The van der Waals surface area contributed by atoms with Gasteiger partial charge in [-0.1, -0.05) is 29.0 Å². The van der Waals surface area contributed by atoms with Crippen LogP contribution in [0, 0.1) is 6.92 Å². The molecule has 0 fully saturated rings. The number of hydrogen-bond donors (Lipinski definition) is 2. The first-order chi connectivity index (χ1) is 11.9. The zero-order valence-corrected chi connectivity index (χ0v) is 15.4. The molecule has 2 N–H and O–H groups in total. The molecule has 6 nitrogen and oxygen atoms in total. The molecule has 3 rings (SSSR count). The summed E-state index contributed by atoms with van der Waals surface area (Å²) in [6.07, 6.45) is 0.705. The third kappa shape index (κ3) is 4.17. The van der Waals surface area contributed by atoms with E-state index >= 15 is 0 Å². The van der Waals surface area contributed by atoms with E-state index in [2.05, 4.69) is 15.6 Å². The molecule has 0 spiro atoms. The predicted octanol–water partition coefficient (Wildman–Crippen LogP) is 3.18. The molecule has 0 radical (unpaired) electrons. The Bertz CT molecular complexity index is 800. The number of aryl methyl sites for hydroxylation is 1. The second kappa shape index (κ2) is 7.23. The lowest BCUT2D eigenvalue weighted by molar-refractivity contribution is 0.0736. The highest BCUT2D eigenvalue weighted by atomic mass is 32.1. The number of aromatic nitrogens is 1. The maximum Gasteiger partial charge on any atom is 0.321 e. The standard InChI is InChI=1S/C18H22N4O2S/c1-11(2)19-17(24)21-18-20-14-7-8-22(10-15(14)25-18)16(23)13-6-4-5-12(3)9-13/h4-6,9,11H,7-8,10H2,1-3H3,(H2,19,20,21,24). The molecule has 2 heterocycles. The zero-order chi connectivity index (χ0) is 18.0.